The molecule has 0 amide bonds. The Labute approximate surface area is 110 Å². The Morgan fingerprint density at radius 2 is 1.89 bits per heavy atom. The molecule has 0 unspecified atom stereocenters. The highest BCUT2D eigenvalue weighted by molar-refractivity contribution is 5.66. The molecule has 2 aromatic rings. The molecule has 0 saturated heterocycles. The molecule has 6 heteroatoms. The van der Waals surface area contributed by atoms with Crippen LogP contribution < -0.4 is 10.2 Å². The van der Waals surface area contributed by atoms with E-state index in [0.29, 0.717) is 0 Å². The van der Waals surface area contributed by atoms with Crippen molar-refractivity contribution in [3.8, 4) is 0 Å². The third kappa shape index (κ3) is 2.98. The lowest BCUT2D eigenvalue weighted by molar-refractivity contribution is -0.384. The first-order valence-electron chi connectivity index (χ1n) is 5.72. The summed E-state index contributed by atoms with van der Waals surface area (Å²) in [4.78, 5) is 16.4. The van der Waals surface area contributed by atoms with Gasteiger partial charge in [-0.1, -0.05) is 0 Å². The largest absolute Gasteiger partial charge is 0.378 e. The Balaban J connectivity index is 2.24. The lowest BCUT2D eigenvalue weighted by Gasteiger charge is -2.13. The minimum atomic E-state index is -0.455. The van der Waals surface area contributed by atoms with Crippen LogP contribution in [0.1, 0.15) is 0 Å². The number of nitrogens with zero attached hydrogens (tertiary/aromatic N) is 3. The molecular weight excluding hydrogens is 244 g/mol. The number of benzene rings is 1. The average molecular weight is 258 g/mol. The number of nitro groups is 1. The van der Waals surface area contributed by atoms with E-state index < -0.39 is 4.92 Å². The zero-order valence-electron chi connectivity index (χ0n) is 10.7. The molecule has 0 aliphatic carbocycles. The molecule has 6 nitrogen and oxygen atoms in total. The van der Waals surface area contributed by atoms with Crippen LogP contribution in [0, 0.1) is 10.1 Å². The Morgan fingerprint density at radius 3 is 2.47 bits per heavy atom. The molecule has 1 aromatic heterocycles. The summed E-state index contributed by atoms with van der Waals surface area (Å²) in [7, 11) is 3.90. The number of hydrogen-bond donors (Lipinski definition) is 1. The van der Waals surface area contributed by atoms with E-state index >= 15 is 0 Å². The van der Waals surface area contributed by atoms with Crippen LogP contribution in [0.2, 0.25) is 0 Å². The van der Waals surface area contributed by atoms with E-state index in [1.807, 2.05) is 43.3 Å². The van der Waals surface area contributed by atoms with Crippen LogP contribution in [0.3, 0.4) is 0 Å². The molecular formula is C13H14N4O2. The maximum absolute atomic E-state index is 10.9. The second-order valence-corrected chi connectivity index (χ2v) is 4.19. The van der Waals surface area contributed by atoms with Crippen LogP contribution in [0.15, 0.2) is 42.6 Å². The molecule has 98 valence electrons. The molecule has 0 bridgehead atoms. The second-order valence-electron chi connectivity index (χ2n) is 4.19. The first kappa shape index (κ1) is 12.8. The Morgan fingerprint density at radius 1 is 1.21 bits per heavy atom. The van der Waals surface area contributed by atoms with E-state index in [4.69, 9.17) is 0 Å². The Kier molecular flexibility index (Phi) is 3.61. The van der Waals surface area contributed by atoms with Crippen LogP contribution in [0.4, 0.5) is 22.9 Å². The van der Waals surface area contributed by atoms with Crippen LogP contribution in [-0.2, 0) is 0 Å². The third-order valence-corrected chi connectivity index (χ3v) is 2.63. The highest BCUT2D eigenvalue weighted by Gasteiger charge is 2.13. The molecule has 1 heterocycles. The fourth-order valence-corrected chi connectivity index (χ4v) is 1.62. The predicted octanol–water partition coefficient (Wildman–Crippen LogP) is 2.80. The topological polar surface area (TPSA) is 71.3 Å². The normalized spacial score (nSPS) is 10.0. The second kappa shape index (κ2) is 5.34. The smallest absolute Gasteiger partial charge is 0.311 e. The van der Waals surface area contributed by atoms with Gasteiger partial charge in [-0.05, 0) is 30.3 Å². The lowest BCUT2D eigenvalue weighted by atomic mass is 10.2. The Hall–Kier alpha value is -2.63. The van der Waals surface area contributed by atoms with Crippen LogP contribution in [-0.4, -0.2) is 24.0 Å². The molecule has 1 aromatic carbocycles. The molecule has 0 spiro atoms. The van der Waals surface area contributed by atoms with Crippen LogP contribution in [0.5, 0.6) is 0 Å². The van der Waals surface area contributed by atoms with Crippen LogP contribution >= 0.6 is 0 Å². The maximum atomic E-state index is 10.9. The van der Waals surface area contributed by atoms with Gasteiger partial charge in [0.2, 0.25) is 5.82 Å². The number of nitrogens with one attached hydrogen (secondary N) is 1. The fourth-order valence-electron chi connectivity index (χ4n) is 1.62. The molecule has 0 fully saturated rings. The SMILES string of the molecule is CN(C)c1ccc(Nc2ncccc2[N+](=O)[O-])cc1. The van der Waals surface area contributed by atoms with Crippen molar-refractivity contribution in [1.29, 1.82) is 0 Å². The summed E-state index contributed by atoms with van der Waals surface area (Å²) in [5.74, 6) is 0.241. The van der Waals surface area contributed by atoms with Gasteiger partial charge in [-0.25, -0.2) is 4.98 Å². The van der Waals surface area contributed by atoms with Crippen molar-refractivity contribution in [1.82, 2.24) is 4.98 Å². The quantitative estimate of drug-likeness (QED) is 0.674. The van der Waals surface area contributed by atoms with Gasteiger partial charge in [-0.2, -0.15) is 0 Å². The number of hydrogen-bond acceptors (Lipinski definition) is 5. The summed E-state index contributed by atoms with van der Waals surface area (Å²) in [5.41, 5.74) is 1.77. The van der Waals surface area contributed by atoms with Crippen molar-refractivity contribution in [2.24, 2.45) is 0 Å². The van der Waals surface area contributed by atoms with Gasteiger partial charge in [0.25, 0.3) is 0 Å². The van der Waals surface area contributed by atoms with Crippen molar-refractivity contribution >= 4 is 22.9 Å². The highest BCUT2D eigenvalue weighted by Crippen LogP contribution is 2.25. The van der Waals surface area contributed by atoms with Crippen molar-refractivity contribution in [2.45, 2.75) is 0 Å². The number of anilines is 3. The van der Waals surface area contributed by atoms with Gasteiger partial charge in [0.05, 0.1) is 4.92 Å². The van der Waals surface area contributed by atoms with Crippen LogP contribution in [0.25, 0.3) is 0 Å². The van der Waals surface area contributed by atoms with Gasteiger partial charge in [-0.3, -0.25) is 10.1 Å². The zero-order valence-corrected chi connectivity index (χ0v) is 10.7. The predicted molar refractivity (Wildman–Crippen MR) is 74.9 cm³/mol. The van der Waals surface area contributed by atoms with E-state index in [1.165, 1.54) is 12.3 Å². The van der Waals surface area contributed by atoms with Gasteiger partial charge < -0.3 is 10.2 Å². The van der Waals surface area contributed by atoms with E-state index in [2.05, 4.69) is 10.3 Å². The average Bonchev–Trinajstić information content (AvgIpc) is 2.39. The van der Waals surface area contributed by atoms with E-state index in [-0.39, 0.29) is 11.5 Å². The van der Waals surface area contributed by atoms with Gasteiger partial charge in [0.1, 0.15) is 0 Å². The van der Waals surface area contributed by atoms with Crippen molar-refractivity contribution in [3.63, 3.8) is 0 Å². The summed E-state index contributed by atoms with van der Waals surface area (Å²) < 4.78 is 0. The number of rotatable bonds is 4. The molecule has 0 aliphatic heterocycles. The van der Waals surface area contributed by atoms with Crippen molar-refractivity contribution in [2.75, 3.05) is 24.3 Å². The summed E-state index contributed by atoms with van der Waals surface area (Å²) in [6.07, 6.45) is 1.52. The molecule has 0 aliphatic rings. The standard InChI is InChI=1S/C13H14N4O2/c1-16(2)11-7-5-10(6-8-11)15-13-12(17(18)19)4-3-9-14-13/h3-9H,1-2H3,(H,14,15). The maximum Gasteiger partial charge on any atom is 0.311 e. The van der Waals surface area contributed by atoms with Gasteiger partial charge >= 0.3 is 5.69 Å². The van der Waals surface area contributed by atoms with Gasteiger partial charge in [0.15, 0.2) is 0 Å². The zero-order chi connectivity index (χ0) is 13.8. The number of aromatic nitrogens is 1. The molecule has 19 heavy (non-hydrogen) atoms. The van der Waals surface area contributed by atoms with Gasteiger partial charge in [0, 0.05) is 37.7 Å². The summed E-state index contributed by atoms with van der Waals surface area (Å²) >= 11 is 0. The molecule has 0 radical (unpaired) electrons. The molecule has 0 atom stereocenters. The van der Waals surface area contributed by atoms with E-state index in [9.17, 15) is 10.1 Å². The minimum absolute atomic E-state index is 0.0424. The monoisotopic (exact) mass is 258 g/mol. The van der Waals surface area contributed by atoms with E-state index in [0.717, 1.165) is 11.4 Å². The third-order valence-electron chi connectivity index (χ3n) is 2.63. The number of pyridine rings is 1. The fraction of sp³-hybridized carbons (Fsp3) is 0.154. The molecule has 0 saturated carbocycles. The highest BCUT2D eigenvalue weighted by atomic mass is 16.6. The van der Waals surface area contributed by atoms with Crippen molar-refractivity contribution in [3.05, 3.63) is 52.7 Å². The Bertz CT molecular complexity index is 581. The minimum Gasteiger partial charge on any atom is -0.378 e. The first-order valence-corrected chi connectivity index (χ1v) is 5.72. The lowest BCUT2D eigenvalue weighted by Crippen LogP contribution is -2.08. The van der Waals surface area contributed by atoms with E-state index in [1.54, 1.807) is 6.07 Å². The summed E-state index contributed by atoms with van der Waals surface area (Å²) in [5, 5.41) is 13.8. The summed E-state index contributed by atoms with van der Waals surface area (Å²) in [6.45, 7) is 0. The van der Waals surface area contributed by atoms with Gasteiger partial charge in [-0.15, -0.1) is 0 Å². The molecule has 1 N–H and O–H groups in total. The molecule has 2 rings (SSSR count). The van der Waals surface area contributed by atoms with Crippen molar-refractivity contribution < 1.29 is 4.92 Å². The first-order chi connectivity index (χ1) is 9.08. The summed E-state index contributed by atoms with van der Waals surface area (Å²) in [6, 6.07) is 10.5.